The van der Waals surface area contributed by atoms with Crippen molar-refractivity contribution in [3.05, 3.63) is 24.0 Å². The Morgan fingerprint density at radius 2 is 2.29 bits per heavy atom. The lowest BCUT2D eigenvalue weighted by Gasteiger charge is -2.09. The summed E-state index contributed by atoms with van der Waals surface area (Å²) in [5, 5.41) is 21.0. The van der Waals surface area contributed by atoms with Gasteiger partial charge >= 0.3 is 0 Å². The van der Waals surface area contributed by atoms with Gasteiger partial charge in [0.1, 0.15) is 5.82 Å². The normalized spacial score (nSPS) is 12.9. The summed E-state index contributed by atoms with van der Waals surface area (Å²) in [6, 6.07) is 5.79. The van der Waals surface area contributed by atoms with Crippen molar-refractivity contribution >= 4 is 16.7 Å². The molecule has 0 saturated carbocycles. The van der Waals surface area contributed by atoms with Crippen LogP contribution in [0.1, 0.15) is 12.7 Å². The second-order valence-electron chi connectivity index (χ2n) is 3.99. The number of fused-ring (bicyclic) bond motifs is 1. The third kappa shape index (κ3) is 2.75. The first-order valence-corrected chi connectivity index (χ1v) is 5.74. The molecule has 0 aliphatic heterocycles. The molecule has 2 aromatic rings. The van der Waals surface area contributed by atoms with Gasteiger partial charge in [0.2, 0.25) is 0 Å². The summed E-state index contributed by atoms with van der Waals surface area (Å²) >= 11 is 0. The second kappa shape index (κ2) is 5.16. The molecule has 0 saturated heterocycles. The zero-order valence-corrected chi connectivity index (χ0v) is 9.77. The highest BCUT2D eigenvalue weighted by Crippen LogP contribution is 2.17. The number of nitrogens with one attached hydrogen (secondary N) is 2. The standard InChI is InChI=1S/C12H17N3O2/c1-2-12-14-10-4-3-8(5-11(10)15-12)13-6-9(17)7-16/h3-5,9,13,16-17H,2,6-7H2,1H3,(H,14,15). The zero-order chi connectivity index (χ0) is 12.3. The number of hydrogen-bond donors (Lipinski definition) is 4. The van der Waals surface area contributed by atoms with E-state index < -0.39 is 6.10 Å². The predicted molar refractivity (Wildman–Crippen MR) is 67.1 cm³/mol. The number of rotatable bonds is 5. The van der Waals surface area contributed by atoms with E-state index >= 15 is 0 Å². The number of anilines is 1. The Morgan fingerprint density at radius 1 is 1.47 bits per heavy atom. The summed E-state index contributed by atoms with van der Waals surface area (Å²) in [7, 11) is 0. The smallest absolute Gasteiger partial charge is 0.106 e. The van der Waals surface area contributed by atoms with Crippen molar-refractivity contribution in [1.82, 2.24) is 9.97 Å². The average Bonchev–Trinajstić information content (AvgIpc) is 2.77. The predicted octanol–water partition coefficient (Wildman–Crippen LogP) is 0.890. The number of aromatic nitrogens is 2. The Labute approximate surface area is 99.5 Å². The van der Waals surface area contributed by atoms with E-state index in [2.05, 4.69) is 22.2 Å². The van der Waals surface area contributed by atoms with E-state index in [0.29, 0.717) is 6.54 Å². The molecule has 0 aliphatic rings. The highest BCUT2D eigenvalue weighted by molar-refractivity contribution is 5.79. The van der Waals surface area contributed by atoms with Crippen molar-refractivity contribution in [2.24, 2.45) is 0 Å². The van der Waals surface area contributed by atoms with Crippen LogP contribution in [0.25, 0.3) is 11.0 Å². The van der Waals surface area contributed by atoms with E-state index in [4.69, 9.17) is 5.11 Å². The molecule has 92 valence electrons. The zero-order valence-electron chi connectivity index (χ0n) is 9.77. The number of aliphatic hydroxyl groups is 2. The average molecular weight is 235 g/mol. The van der Waals surface area contributed by atoms with Crippen molar-refractivity contribution in [3.63, 3.8) is 0 Å². The van der Waals surface area contributed by atoms with Crippen molar-refractivity contribution in [3.8, 4) is 0 Å². The lowest BCUT2D eigenvalue weighted by Crippen LogP contribution is -2.22. The maximum Gasteiger partial charge on any atom is 0.106 e. The van der Waals surface area contributed by atoms with Gasteiger partial charge in [-0.05, 0) is 18.2 Å². The molecule has 5 heteroatoms. The van der Waals surface area contributed by atoms with E-state index in [9.17, 15) is 5.11 Å². The minimum atomic E-state index is -0.737. The first-order chi connectivity index (χ1) is 8.22. The van der Waals surface area contributed by atoms with Gasteiger partial charge in [0, 0.05) is 18.7 Å². The molecule has 1 unspecified atom stereocenters. The van der Waals surface area contributed by atoms with Crippen LogP contribution in [0.5, 0.6) is 0 Å². The topological polar surface area (TPSA) is 81.2 Å². The molecule has 0 aliphatic carbocycles. The minimum absolute atomic E-state index is 0.237. The van der Waals surface area contributed by atoms with E-state index in [0.717, 1.165) is 29.0 Å². The highest BCUT2D eigenvalue weighted by atomic mass is 16.3. The largest absolute Gasteiger partial charge is 0.394 e. The molecule has 0 radical (unpaired) electrons. The molecule has 0 spiro atoms. The molecule has 1 aromatic carbocycles. The number of H-pyrrole nitrogens is 1. The summed E-state index contributed by atoms with van der Waals surface area (Å²) < 4.78 is 0. The van der Waals surface area contributed by atoms with Crippen LogP contribution in [0.15, 0.2) is 18.2 Å². The number of nitrogens with zero attached hydrogens (tertiary/aromatic N) is 1. The molecule has 0 bridgehead atoms. The summed E-state index contributed by atoms with van der Waals surface area (Å²) in [5.41, 5.74) is 2.82. The van der Waals surface area contributed by atoms with Gasteiger partial charge in [-0.15, -0.1) is 0 Å². The van der Waals surface area contributed by atoms with E-state index in [1.807, 2.05) is 18.2 Å². The Balaban J connectivity index is 2.13. The van der Waals surface area contributed by atoms with Crippen LogP contribution in [0.4, 0.5) is 5.69 Å². The number of imidazole rings is 1. The summed E-state index contributed by atoms with van der Waals surface area (Å²) in [5.74, 6) is 0.965. The van der Waals surface area contributed by atoms with Crippen LogP contribution < -0.4 is 5.32 Å². The SMILES string of the molecule is CCc1nc2ccc(NCC(O)CO)cc2[nH]1. The Hall–Kier alpha value is -1.59. The molecule has 5 nitrogen and oxygen atoms in total. The minimum Gasteiger partial charge on any atom is -0.394 e. The van der Waals surface area contributed by atoms with Crippen molar-refractivity contribution < 1.29 is 10.2 Å². The fourth-order valence-corrected chi connectivity index (χ4v) is 1.64. The molecular formula is C12H17N3O2. The highest BCUT2D eigenvalue weighted by Gasteiger charge is 2.04. The van der Waals surface area contributed by atoms with E-state index in [-0.39, 0.29) is 6.61 Å². The molecule has 1 aromatic heterocycles. The maximum atomic E-state index is 9.24. The molecule has 0 amide bonds. The van der Waals surface area contributed by atoms with Crippen LogP contribution in [0.2, 0.25) is 0 Å². The first kappa shape index (κ1) is 11.9. The van der Waals surface area contributed by atoms with Gasteiger partial charge in [-0.2, -0.15) is 0 Å². The maximum absolute atomic E-state index is 9.24. The van der Waals surface area contributed by atoms with Gasteiger partial charge in [-0.3, -0.25) is 0 Å². The van der Waals surface area contributed by atoms with Crippen molar-refractivity contribution in [1.29, 1.82) is 0 Å². The molecule has 1 heterocycles. The Kier molecular flexibility index (Phi) is 3.61. The lowest BCUT2D eigenvalue weighted by atomic mass is 10.2. The molecule has 4 N–H and O–H groups in total. The quantitative estimate of drug-likeness (QED) is 0.620. The molecule has 0 fully saturated rings. The van der Waals surface area contributed by atoms with E-state index in [1.165, 1.54) is 0 Å². The third-order valence-corrected chi connectivity index (χ3v) is 2.62. The van der Waals surface area contributed by atoms with Crippen molar-refractivity contribution in [2.45, 2.75) is 19.4 Å². The number of aryl methyl sites for hydroxylation is 1. The van der Waals surface area contributed by atoms with Crippen LogP contribution in [0, 0.1) is 0 Å². The van der Waals surface area contributed by atoms with Gasteiger partial charge in [0.15, 0.2) is 0 Å². The number of aliphatic hydroxyl groups excluding tert-OH is 2. The summed E-state index contributed by atoms with van der Waals surface area (Å²) in [6.45, 7) is 2.14. The number of benzene rings is 1. The van der Waals surface area contributed by atoms with Gasteiger partial charge in [0.05, 0.1) is 23.7 Å². The molecule has 17 heavy (non-hydrogen) atoms. The van der Waals surface area contributed by atoms with Gasteiger partial charge in [0.25, 0.3) is 0 Å². The van der Waals surface area contributed by atoms with Gasteiger partial charge in [-0.25, -0.2) is 4.98 Å². The number of hydrogen-bond acceptors (Lipinski definition) is 4. The Bertz CT molecular complexity index is 495. The Morgan fingerprint density at radius 3 is 3.00 bits per heavy atom. The first-order valence-electron chi connectivity index (χ1n) is 5.74. The second-order valence-corrected chi connectivity index (χ2v) is 3.99. The molecule has 1 atom stereocenters. The van der Waals surface area contributed by atoms with Gasteiger partial charge < -0.3 is 20.5 Å². The van der Waals surface area contributed by atoms with Crippen molar-refractivity contribution in [2.75, 3.05) is 18.5 Å². The van der Waals surface area contributed by atoms with Crippen LogP contribution in [-0.2, 0) is 6.42 Å². The van der Waals surface area contributed by atoms with Crippen LogP contribution in [-0.4, -0.2) is 39.4 Å². The molecule has 2 rings (SSSR count). The fraction of sp³-hybridized carbons (Fsp3) is 0.417. The van der Waals surface area contributed by atoms with Gasteiger partial charge in [-0.1, -0.05) is 6.92 Å². The van der Waals surface area contributed by atoms with Crippen LogP contribution in [0.3, 0.4) is 0 Å². The summed E-state index contributed by atoms with van der Waals surface area (Å²) in [6.07, 6.45) is 0.138. The molecular weight excluding hydrogens is 218 g/mol. The monoisotopic (exact) mass is 235 g/mol. The fourth-order valence-electron chi connectivity index (χ4n) is 1.64. The summed E-state index contributed by atoms with van der Waals surface area (Å²) in [4.78, 5) is 7.64. The van der Waals surface area contributed by atoms with E-state index in [1.54, 1.807) is 0 Å². The number of aromatic amines is 1. The third-order valence-electron chi connectivity index (χ3n) is 2.62. The van der Waals surface area contributed by atoms with Crippen LogP contribution >= 0.6 is 0 Å². The lowest BCUT2D eigenvalue weighted by molar-refractivity contribution is 0.105.